The average Bonchev–Trinajstić information content (AvgIpc) is 2.75. The van der Waals surface area contributed by atoms with Crippen LogP contribution in [0.25, 0.3) is 11.4 Å². The smallest absolute Gasteiger partial charge is 0.227 e. The molecule has 23 heavy (non-hydrogen) atoms. The van der Waals surface area contributed by atoms with Crippen molar-refractivity contribution in [3.05, 3.63) is 30.1 Å². The Kier molecular flexibility index (Phi) is 3.85. The fraction of sp³-hybridized carbons (Fsp3) is 0.500. The molecule has 0 bridgehead atoms. The van der Waals surface area contributed by atoms with Gasteiger partial charge in [-0.15, -0.1) is 10.2 Å². The van der Waals surface area contributed by atoms with E-state index in [2.05, 4.69) is 20.1 Å². The van der Waals surface area contributed by atoms with E-state index in [9.17, 15) is 4.79 Å². The van der Waals surface area contributed by atoms with E-state index in [4.69, 9.17) is 0 Å². The number of benzene rings is 1. The van der Waals surface area contributed by atoms with Gasteiger partial charge >= 0.3 is 0 Å². The van der Waals surface area contributed by atoms with Crippen LogP contribution in [0.15, 0.2) is 24.3 Å². The highest BCUT2D eigenvalue weighted by Gasteiger charge is 2.25. The zero-order valence-corrected chi connectivity index (χ0v) is 13.3. The van der Waals surface area contributed by atoms with E-state index in [0.29, 0.717) is 0 Å². The second-order valence-corrected chi connectivity index (χ2v) is 6.60. The third kappa shape index (κ3) is 2.87. The summed E-state index contributed by atoms with van der Waals surface area (Å²) in [6.45, 7) is 0.998. The van der Waals surface area contributed by atoms with Gasteiger partial charge in [-0.05, 0) is 49.9 Å². The molecule has 0 spiro atoms. The molecule has 1 fully saturated rings. The van der Waals surface area contributed by atoms with Crippen molar-refractivity contribution in [1.29, 1.82) is 0 Å². The largest absolute Gasteiger partial charge is 0.326 e. The maximum absolute atomic E-state index is 12.0. The predicted octanol–water partition coefficient (Wildman–Crippen LogP) is 3.41. The van der Waals surface area contributed by atoms with Crippen LogP contribution in [0.3, 0.4) is 0 Å². The molecule has 0 unspecified atom stereocenters. The quantitative estimate of drug-likeness (QED) is 0.945. The van der Waals surface area contributed by atoms with Crippen LogP contribution in [-0.4, -0.2) is 20.7 Å². The molecule has 0 radical (unpaired) electrons. The molecular weight excluding hydrogens is 288 g/mol. The van der Waals surface area contributed by atoms with Gasteiger partial charge in [0.15, 0.2) is 5.82 Å². The lowest BCUT2D eigenvalue weighted by molar-refractivity contribution is -0.122. The number of hydrogen-bond donors (Lipinski definition) is 1. The van der Waals surface area contributed by atoms with Crippen molar-refractivity contribution in [2.75, 3.05) is 5.32 Å². The zero-order chi connectivity index (χ0) is 15.6. The first-order valence-corrected chi connectivity index (χ1v) is 8.64. The fourth-order valence-corrected chi connectivity index (χ4v) is 3.32. The number of rotatable bonds is 3. The Bertz CT molecular complexity index is 700. The minimum atomic E-state index is 0.153. The zero-order valence-electron chi connectivity index (χ0n) is 13.3. The number of amides is 1. The number of nitrogens with one attached hydrogen (secondary N) is 1. The summed E-state index contributed by atoms with van der Waals surface area (Å²) in [5.74, 6) is 2.40. The molecule has 2 aromatic rings. The number of nitrogens with zero attached hydrogens (tertiary/aromatic N) is 3. The average molecular weight is 310 g/mol. The van der Waals surface area contributed by atoms with E-state index in [-0.39, 0.29) is 11.8 Å². The van der Waals surface area contributed by atoms with E-state index in [0.717, 1.165) is 48.7 Å². The van der Waals surface area contributed by atoms with Crippen molar-refractivity contribution in [2.24, 2.45) is 5.92 Å². The van der Waals surface area contributed by atoms with Crippen molar-refractivity contribution < 1.29 is 4.79 Å². The number of fused-ring (bicyclic) bond motifs is 1. The van der Waals surface area contributed by atoms with Gasteiger partial charge in [-0.2, -0.15) is 0 Å². The van der Waals surface area contributed by atoms with Gasteiger partial charge in [0.05, 0.1) is 0 Å². The Morgan fingerprint density at radius 2 is 1.87 bits per heavy atom. The Morgan fingerprint density at radius 1 is 1.04 bits per heavy atom. The van der Waals surface area contributed by atoms with Gasteiger partial charge in [0.25, 0.3) is 0 Å². The van der Waals surface area contributed by atoms with Crippen LogP contribution in [0.2, 0.25) is 0 Å². The number of anilines is 1. The van der Waals surface area contributed by atoms with Gasteiger partial charge in [-0.1, -0.05) is 12.8 Å². The first kappa shape index (κ1) is 14.4. The lowest BCUT2D eigenvalue weighted by Crippen LogP contribution is -2.27. The lowest BCUT2D eigenvalue weighted by atomic mass is 9.85. The third-order valence-electron chi connectivity index (χ3n) is 5.00. The van der Waals surface area contributed by atoms with Crippen LogP contribution in [0.4, 0.5) is 5.69 Å². The van der Waals surface area contributed by atoms with Crippen molar-refractivity contribution in [3.8, 4) is 11.4 Å². The standard InChI is InChI=1S/C18H22N4O/c23-18(14-5-4-6-14)19-15-10-8-13(9-11-15)17-21-20-16-7-2-1-3-12-22(16)17/h8-11,14H,1-7,12H2,(H,19,23). The summed E-state index contributed by atoms with van der Waals surface area (Å²) < 4.78 is 2.24. The van der Waals surface area contributed by atoms with Gasteiger partial charge < -0.3 is 9.88 Å². The Labute approximate surface area is 136 Å². The summed E-state index contributed by atoms with van der Waals surface area (Å²) in [7, 11) is 0. The number of aromatic nitrogens is 3. The molecule has 1 amide bonds. The number of carbonyl (C=O) groups excluding carboxylic acids is 1. The highest BCUT2D eigenvalue weighted by Crippen LogP contribution is 2.28. The maximum Gasteiger partial charge on any atom is 0.227 e. The molecule has 5 nitrogen and oxygen atoms in total. The van der Waals surface area contributed by atoms with Gasteiger partial charge in [-0.25, -0.2) is 0 Å². The number of hydrogen-bond acceptors (Lipinski definition) is 3. The molecule has 1 aromatic carbocycles. The van der Waals surface area contributed by atoms with E-state index in [1.165, 1.54) is 25.7 Å². The molecule has 1 aromatic heterocycles. The first-order chi connectivity index (χ1) is 11.3. The molecule has 0 atom stereocenters. The van der Waals surface area contributed by atoms with Crippen LogP contribution in [0, 0.1) is 5.92 Å². The van der Waals surface area contributed by atoms with E-state index in [1.807, 2.05) is 24.3 Å². The van der Waals surface area contributed by atoms with Crippen LogP contribution >= 0.6 is 0 Å². The highest BCUT2D eigenvalue weighted by atomic mass is 16.1. The van der Waals surface area contributed by atoms with E-state index < -0.39 is 0 Å². The SMILES string of the molecule is O=C(Nc1ccc(-c2nnc3n2CCCCC3)cc1)C1CCC1. The molecule has 2 aliphatic rings. The van der Waals surface area contributed by atoms with E-state index in [1.54, 1.807) is 0 Å². The van der Waals surface area contributed by atoms with Gasteiger partial charge in [0.1, 0.15) is 5.82 Å². The van der Waals surface area contributed by atoms with Gasteiger partial charge in [0.2, 0.25) is 5.91 Å². The van der Waals surface area contributed by atoms with Crippen molar-refractivity contribution in [2.45, 2.75) is 51.5 Å². The normalized spacial score (nSPS) is 17.9. The van der Waals surface area contributed by atoms with Crippen molar-refractivity contribution >= 4 is 11.6 Å². The Morgan fingerprint density at radius 3 is 2.61 bits per heavy atom. The summed E-state index contributed by atoms with van der Waals surface area (Å²) in [5, 5.41) is 11.7. The molecule has 0 saturated heterocycles. The molecule has 1 aliphatic carbocycles. The molecule has 4 rings (SSSR count). The Balaban J connectivity index is 1.52. The van der Waals surface area contributed by atoms with Crippen LogP contribution in [-0.2, 0) is 17.8 Å². The van der Waals surface area contributed by atoms with Crippen molar-refractivity contribution in [3.63, 3.8) is 0 Å². The predicted molar refractivity (Wildman–Crippen MR) is 89.0 cm³/mol. The van der Waals surface area contributed by atoms with Crippen molar-refractivity contribution in [1.82, 2.24) is 14.8 Å². The third-order valence-corrected chi connectivity index (χ3v) is 5.00. The number of aryl methyl sites for hydroxylation is 1. The topological polar surface area (TPSA) is 59.8 Å². The van der Waals surface area contributed by atoms with Gasteiger partial charge in [-0.3, -0.25) is 4.79 Å². The maximum atomic E-state index is 12.0. The van der Waals surface area contributed by atoms with Crippen LogP contribution < -0.4 is 5.32 Å². The summed E-state index contributed by atoms with van der Waals surface area (Å²) in [4.78, 5) is 12.0. The monoisotopic (exact) mass is 310 g/mol. The van der Waals surface area contributed by atoms with E-state index >= 15 is 0 Å². The summed E-state index contributed by atoms with van der Waals surface area (Å²) in [6.07, 6.45) is 7.88. The first-order valence-electron chi connectivity index (χ1n) is 8.64. The fourth-order valence-electron chi connectivity index (χ4n) is 3.32. The molecule has 1 aliphatic heterocycles. The molecule has 2 heterocycles. The molecule has 1 saturated carbocycles. The van der Waals surface area contributed by atoms with Crippen LogP contribution in [0.5, 0.6) is 0 Å². The summed E-state index contributed by atoms with van der Waals surface area (Å²) in [6, 6.07) is 7.98. The number of carbonyl (C=O) groups is 1. The second kappa shape index (κ2) is 6.14. The van der Waals surface area contributed by atoms with Gasteiger partial charge in [0, 0.05) is 30.1 Å². The summed E-state index contributed by atoms with van der Waals surface area (Å²) >= 11 is 0. The minimum absolute atomic E-state index is 0.153. The lowest BCUT2D eigenvalue weighted by Gasteiger charge is -2.24. The minimum Gasteiger partial charge on any atom is -0.326 e. The second-order valence-electron chi connectivity index (χ2n) is 6.60. The van der Waals surface area contributed by atoms with Crippen LogP contribution in [0.1, 0.15) is 44.3 Å². The molecule has 1 N–H and O–H groups in total. The Hall–Kier alpha value is -2.17. The molecular formula is C18H22N4O. The molecule has 5 heteroatoms. The highest BCUT2D eigenvalue weighted by molar-refractivity contribution is 5.93. The molecule has 120 valence electrons. The summed E-state index contributed by atoms with van der Waals surface area (Å²) in [5.41, 5.74) is 1.92.